The third kappa shape index (κ3) is 4.45. The van der Waals surface area contributed by atoms with Gasteiger partial charge in [0.2, 0.25) is 10.0 Å². The van der Waals surface area contributed by atoms with Crippen LogP contribution in [-0.2, 0) is 16.6 Å². The van der Waals surface area contributed by atoms with E-state index in [1.807, 2.05) is 25.7 Å². The van der Waals surface area contributed by atoms with Gasteiger partial charge in [0.15, 0.2) is 0 Å². The van der Waals surface area contributed by atoms with Crippen LogP contribution in [0.25, 0.3) is 0 Å². The van der Waals surface area contributed by atoms with Crippen molar-refractivity contribution in [1.29, 1.82) is 0 Å². The molecule has 0 spiro atoms. The van der Waals surface area contributed by atoms with Crippen molar-refractivity contribution in [3.63, 3.8) is 0 Å². The second-order valence-electron chi connectivity index (χ2n) is 5.51. The molecule has 1 fully saturated rings. The Morgan fingerprint density at radius 1 is 1.43 bits per heavy atom. The molecule has 2 unspecified atom stereocenters. The summed E-state index contributed by atoms with van der Waals surface area (Å²) in [5, 5.41) is 3.64. The zero-order chi connectivity index (χ0) is 15.5. The van der Waals surface area contributed by atoms with Crippen LogP contribution in [0.5, 0.6) is 0 Å². The van der Waals surface area contributed by atoms with Gasteiger partial charge in [-0.05, 0) is 45.6 Å². The molecule has 2 rings (SSSR count). The van der Waals surface area contributed by atoms with Crippen molar-refractivity contribution in [2.24, 2.45) is 0 Å². The summed E-state index contributed by atoms with van der Waals surface area (Å²) in [6, 6.07) is 1.88. The maximum atomic E-state index is 12.6. The smallest absolute Gasteiger partial charge is 0.241 e. The van der Waals surface area contributed by atoms with Gasteiger partial charge in [-0.15, -0.1) is 11.3 Å². The van der Waals surface area contributed by atoms with E-state index in [0.29, 0.717) is 16.7 Å². The molecule has 21 heavy (non-hydrogen) atoms. The molecule has 0 aromatic carbocycles. The predicted octanol–water partition coefficient (Wildman–Crippen LogP) is 2.73. The average Bonchev–Trinajstić information content (AvgIpc) is 2.81. The summed E-state index contributed by atoms with van der Waals surface area (Å²) in [5.74, 6) is 0. The van der Waals surface area contributed by atoms with Gasteiger partial charge < -0.3 is 5.32 Å². The van der Waals surface area contributed by atoms with Gasteiger partial charge >= 0.3 is 0 Å². The minimum Gasteiger partial charge on any atom is -0.315 e. The fourth-order valence-corrected chi connectivity index (χ4v) is 6.56. The Morgan fingerprint density at radius 2 is 2.19 bits per heavy atom. The summed E-state index contributed by atoms with van der Waals surface area (Å²) in [6.07, 6.45) is 6.29. The van der Waals surface area contributed by atoms with Gasteiger partial charge in [-0.1, -0.05) is 6.42 Å². The molecule has 1 heterocycles. The Balaban J connectivity index is 2.11. The Bertz CT molecular complexity index is 569. The van der Waals surface area contributed by atoms with Crippen LogP contribution < -0.4 is 10.0 Å². The molecule has 1 aliphatic carbocycles. The summed E-state index contributed by atoms with van der Waals surface area (Å²) in [4.78, 5) is 2.37. The fraction of sp³-hybridized carbons (Fsp3) is 0.714. The number of rotatable bonds is 6. The molecule has 1 aromatic heterocycles. The van der Waals surface area contributed by atoms with Crippen LogP contribution >= 0.6 is 23.1 Å². The number of thiophene rings is 1. The van der Waals surface area contributed by atoms with Gasteiger partial charge in [0.1, 0.15) is 0 Å². The number of nitrogens with one attached hydrogen (secondary N) is 2. The monoisotopic (exact) mass is 348 g/mol. The minimum absolute atomic E-state index is 0.0771. The molecule has 1 aliphatic rings. The van der Waals surface area contributed by atoms with Crippen LogP contribution in [-0.4, -0.2) is 33.0 Å². The summed E-state index contributed by atoms with van der Waals surface area (Å²) in [6.45, 7) is 2.59. The predicted molar refractivity (Wildman–Crippen MR) is 91.7 cm³/mol. The highest BCUT2D eigenvalue weighted by molar-refractivity contribution is 7.99. The van der Waals surface area contributed by atoms with Gasteiger partial charge in [0, 0.05) is 27.6 Å². The molecule has 0 amide bonds. The maximum absolute atomic E-state index is 12.6. The van der Waals surface area contributed by atoms with E-state index in [4.69, 9.17) is 0 Å². The fourth-order valence-electron chi connectivity index (χ4n) is 2.80. The second-order valence-corrected chi connectivity index (χ2v) is 9.67. The first-order valence-corrected chi connectivity index (χ1v) is 10.8. The summed E-state index contributed by atoms with van der Waals surface area (Å²) in [7, 11) is -1.53. The highest BCUT2D eigenvalue weighted by Gasteiger charge is 2.27. The zero-order valence-electron chi connectivity index (χ0n) is 12.8. The van der Waals surface area contributed by atoms with Crippen molar-refractivity contribution in [2.75, 3.05) is 13.3 Å². The molecule has 4 nitrogen and oxygen atoms in total. The molecule has 1 aromatic rings. The normalized spacial score (nSPS) is 23.4. The Hall–Kier alpha value is -0.0800. The first-order valence-electron chi connectivity index (χ1n) is 7.25. The topological polar surface area (TPSA) is 58.2 Å². The van der Waals surface area contributed by atoms with Crippen molar-refractivity contribution in [1.82, 2.24) is 10.0 Å². The lowest BCUT2D eigenvalue weighted by Gasteiger charge is -2.28. The lowest BCUT2D eigenvalue weighted by Crippen LogP contribution is -2.39. The number of hydrogen-bond acceptors (Lipinski definition) is 5. The number of aryl methyl sites for hydroxylation is 1. The zero-order valence-corrected chi connectivity index (χ0v) is 15.3. The Morgan fingerprint density at radius 3 is 2.86 bits per heavy atom. The second kappa shape index (κ2) is 7.46. The molecule has 7 heteroatoms. The molecule has 0 bridgehead atoms. The molecule has 0 radical (unpaired) electrons. The van der Waals surface area contributed by atoms with E-state index in [-0.39, 0.29) is 6.04 Å². The quantitative estimate of drug-likeness (QED) is 0.830. The van der Waals surface area contributed by atoms with Crippen molar-refractivity contribution < 1.29 is 8.42 Å². The molecule has 120 valence electrons. The van der Waals surface area contributed by atoms with E-state index in [0.717, 1.165) is 29.0 Å². The molecule has 1 saturated carbocycles. The van der Waals surface area contributed by atoms with E-state index in [1.54, 1.807) is 17.4 Å². The van der Waals surface area contributed by atoms with Crippen molar-refractivity contribution in [2.45, 2.75) is 55.3 Å². The first kappa shape index (κ1) is 17.3. The van der Waals surface area contributed by atoms with Crippen LogP contribution in [0.4, 0.5) is 0 Å². The largest absolute Gasteiger partial charge is 0.315 e. The van der Waals surface area contributed by atoms with E-state index < -0.39 is 10.0 Å². The van der Waals surface area contributed by atoms with E-state index in [9.17, 15) is 8.42 Å². The van der Waals surface area contributed by atoms with Gasteiger partial charge in [-0.2, -0.15) is 11.8 Å². The van der Waals surface area contributed by atoms with Crippen LogP contribution in [0.15, 0.2) is 11.0 Å². The van der Waals surface area contributed by atoms with Gasteiger partial charge in [-0.25, -0.2) is 13.1 Å². The average molecular weight is 349 g/mol. The van der Waals surface area contributed by atoms with Crippen molar-refractivity contribution in [3.05, 3.63) is 15.8 Å². The van der Waals surface area contributed by atoms with Gasteiger partial charge in [0.05, 0.1) is 4.90 Å². The van der Waals surface area contributed by atoms with Gasteiger partial charge in [0.25, 0.3) is 0 Å². The third-order valence-corrected chi connectivity index (χ3v) is 7.77. The number of hydrogen-bond donors (Lipinski definition) is 2. The standard InChI is InChI=1S/C14H24N2O2S3/c1-10-14(8-13(20-10)9-15-2)21(17,18)16-11-5-4-6-12(7-11)19-3/h8,11-12,15-16H,4-7,9H2,1-3H3. The van der Waals surface area contributed by atoms with E-state index in [1.165, 1.54) is 6.42 Å². The lowest BCUT2D eigenvalue weighted by molar-refractivity contribution is 0.421. The van der Waals surface area contributed by atoms with Crippen molar-refractivity contribution >= 4 is 33.1 Å². The molecule has 0 aliphatic heterocycles. The van der Waals surface area contributed by atoms with Crippen LogP contribution in [0.3, 0.4) is 0 Å². The van der Waals surface area contributed by atoms with E-state index in [2.05, 4.69) is 16.3 Å². The Kier molecular flexibility index (Phi) is 6.14. The lowest BCUT2D eigenvalue weighted by atomic mass is 9.96. The molecular weight excluding hydrogens is 324 g/mol. The van der Waals surface area contributed by atoms with E-state index >= 15 is 0 Å². The van der Waals surface area contributed by atoms with Crippen molar-refractivity contribution in [3.8, 4) is 0 Å². The third-order valence-electron chi connectivity index (χ3n) is 3.85. The molecule has 0 saturated heterocycles. The summed E-state index contributed by atoms with van der Waals surface area (Å²) in [5.41, 5.74) is 0. The van der Waals surface area contributed by atoms with Crippen LogP contribution in [0, 0.1) is 6.92 Å². The summed E-state index contributed by atoms with van der Waals surface area (Å²) < 4.78 is 28.1. The first-order chi connectivity index (χ1) is 9.96. The molecule has 2 N–H and O–H groups in total. The SMILES string of the molecule is CNCc1cc(S(=O)(=O)NC2CCCC(SC)C2)c(C)s1. The molecular formula is C14H24N2O2S3. The van der Waals surface area contributed by atoms with Gasteiger partial charge in [-0.3, -0.25) is 0 Å². The van der Waals surface area contributed by atoms with Crippen LogP contribution in [0.2, 0.25) is 0 Å². The highest BCUT2D eigenvalue weighted by atomic mass is 32.2. The minimum atomic E-state index is -3.40. The molecule has 2 atom stereocenters. The van der Waals surface area contributed by atoms with Crippen LogP contribution in [0.1, 0.15) is 35.4 Å². The maximum Gasteiger partial charge on any atom is 0.241 e. The number of thioether (sulfide) groups is 1. The number of sulfonamides is 1. The summed E-state index contributed by atoms with van der Waals surface area (Å²) >= 11 is 3.39. The Labute approximate surface area is 136 Å². The highest BCUT2D eigenvalue weighted by Crippen LogP contribution is 2.30.